The molecule has 0 aromatic heterocycles. The molecule has 0 saturated heterocycles. The van der Waals surface area contributed by atoms with Crippen LogP contribution in [-0.2, 0) is 9.47 Å². The first kappa shape index (κ1) is 21.9. The summed E-state index contributed by atoms with van der Waals surface area (Å²) in [6.07, 6.45) is 3.26. The zero-order valence-electron chi connectivity index (χ0n) is 16.6. The molecule has 0 radical (unpaired) electrons. The molecule has 0 amide bonds. The number of rotatable bonds is 14. The highest BCUT2D eigenvalue weighted by molar-refractivity contribution is 5.42. The predicted molar refractivity (Wildman–Crippen MR) is 113 cm³/mol. The van der Waals surface area contributed by atoms with Crippen LogP contribution in [0.4, 0.5) is 11.4 Å². The first-order valence-corrected chi connectivity index (χ1v) is 9.83. The maximum atomic E-state index is 5.94. The van der Waals surface area contributed by atoms with E-state index in [1.165, 1.54) is 0 Å². The number of nitrogens with two attached hydrogens (primary N) is 2. The SMILES string of the molecule is CCCCC(COCCOc1ccc(N)cc1)OCCOc1ccc(N)cc1. The molecule has 0 aliphatic rings. The van der Waals surface area contributed by atoms with Crippen LogP contribution in [0.5, 0.6) is 11.5 Å². The van der Waals surface area contributed by atoms with E-state index in [9.17, 15) is 0 Å². The van der Waals surface area contributed by atoms with Gasteiger partial charge in [-0.05, 0) is 55.0 Å². The molecule has 28 heavy (non-hydrogen) atoms. The Hall–Kier alpha value is -2.44. The Balaban J connectivity index is 1.60. The monoisotopic (exact) mass is 388 g/mol. The van der Waals surface area contributed by atoms with E-state index in [0.717, 1.165) is 42.1 Å². The summed E-state index contributed by atoms with van der Waals surface area (Å²) in [5.74, 6) is 1.58. The molecule has 2 aromatic carbocycles. The maximum absolute atomic E-state index is 5.94. The van der Waals surface area contributed by atoms with Crippen LogP contribution in [0.2, 0.25) is 0 Å². The molecule has 0 heterocycles. The van der Waals surface area contributed by atoms with Crippen molar-refractivity contribution in [3.05, 3.63) is 48.5 Å². The lowest BCUT2D eigenvalue weighted by Gasteiger charge is -2.18. The van der Waals surface area contributed by atoms with Gasteiger partial charge in [0.25, 0.3) is 0 Å². The summed E-state index contributed by atoms with van der Waals surface area (Å²) in [4.78, 5) is 0. The van der Waals surface area contributed by atoms with Crippen molar-refractivity contribution < 1.29 is 18.9 Å². The summed E-state index contributed by atoms with van der Waals surface area (Å²) in [5.41, 5.74) is 12.8. The molecule has 0 saturated carbocycles. The van der Waals surface area contributed by atoms with E-state index >= 15 is 0 Å². The predicted octanol–water partition coefficient (Wildman–Crippen LogP) is 3.90. The van der Waals surface area contributed by atoms with E-state index in [4.69, 9.17) is 30.4 Å². The Labute approximate surface area is 167 Å². The van der Waals surface area contributed by atoms with Gasteiger partial charge in [0, 0.05) is 11.4 Å². The topological polar surface area (TPSA) is 89.0 Å². The van der Waals surface area contributed by atoms with E-state index < -0.39 is 0 Å². The second-order valence-electron chi connectivity index (χ2n) is 6.54. The Morgan fingerprint density at radius 3 is 1.82 bits per heavy atom. The molecule has 1 atom stereocenters. The van der Waals surface area contributed by atoms with Gasteiger partial charge in [0.05, 0.1) is 25.9 Å². The quantitative estimate of drug-likeness (QED) is 0.377. The highest BCUT2D eigenvalue weighted by Gasteiger charge is 2.09. The van der Waals surface area contributed by atoms with Crippen LogP contribution in [0, 0.1) is 0 Å². The largest absolute Gasteiger partial charge is 0.491 e. The number of hydrogen-bond donors (Lipinski definition) is 2. The molecule has 2 rings (SSSR count). The summed E-state index contributed by atoms with van der Waals surface area (Å²) in [6, 6.07) is 14.7. The van der Waals surface area contributed by atoms with Gasteiger partial charge in [0.2, 0.25) is 0 Å². The second-order valence-corrected chi connectivity index (χ2v) is 6.54. The molecular weight excluding hydrogens is 356 g/mol. The van der Waals surface area contributed by atoms with Crippen molar-refractivity contribution in [3.8, 4) is 11.5 Å². The molecule has 2 aromatic rings. The van der Waals surface area contributed by atoms with Crippen LogP contribution in [0.15, 0.2) is 48.5 Å². The number of anilines is 2. The van der Waals surface area contributed by atoms with E-state index in [1.807, 2.05) is 48.5 Å². The van der Waals surface area contributed by atoms with Crippen molar-refractivity contribution in [3.63, 3.8) is 0 Å². The van der Waals surface area contributed by atoms with Crippen molar-refractivity contribution in [1.29, 1.82) is 0 Å². The molecule has 6 nitrogen and oxygen atoms in total. The maximum Gasteiger partial charge on any atom is 0.119 e. The molecule has 154 valence electrons. The van der Waals surface area contributed by atoms with Crippen LogP contribution in [0.1, 0.15) is 26.2 Å². The highest BCUT2D eigenvalue weighted by Crippen LogP contribution is 2.14. The number of ether oxygens (including phenoxy) is 4. The summed E-state index contributed by atoms with van der Waals surface area (Å²) >= 11 is 0. The third-order valence-corrected chi connectivity index (χ3v) is 4.15. The summed E-state index contributed by atoms with van der Waals surface area (Å²) in [7, 11) is 0. The number of unbranched alkanes of at least 4 members (excludes halogenated alkanes) is 1. The van der Waals surface area contributed by atoms with Crippen LogP contribution in [-0.4, -0.2) is 39.1 Å². The number of hydrogen-bond acceptors (Lipinski definition) is 6. The lowest BCUT2D eigenvalue weighted by molar-refractivity contribution is -0.0340. The Morgan fingerprint density at radius 2 is 1.29 bits per heavy atom. The highest BCUT2D eigenvalue weighted by atomic mass is 16.6. The zero-order chi connectivity index (χ0) is 20.0. The lowest BCUT2D eigenvalue weighted by atomic mass is 10.2. The van der Waals surface area contributed by atoms with Gasteiger partial charge in [-0.15, -0.1) is 0 Å². The molecule has 4 N–H and O–H groups in total. The first-order valence-electron chi connectivity index (χ1n) is 9.83. The minimum atomic E-state index is 0.0616. The van der Waals surface area contributed by atoms with Gasteiger partial charge in [-0.1, -0.05) is 19.8 Å². The van der Waals surface area contributed by atoms with Crippen molar-refractivity contribution in [2.24, 2.45) is 0 Å². The Morgan fingerprint density at radius 1 is 0.750 bits per heavy atom. The standard InChI is InChI=1S/C22H32N2O4/c1-2-3-4-22(28-16-15-27-21-11-7-19(24)8-12-21)17-25-13-14-26-20-9-5-18(23)6-10-20/h5-12,22H,2-4,13-17,23-24H2,1H3. The van der Waals surface area contributed by atoms with E-state index in [1.54, 1.807) is 0 Å². The fourth-order valence-electron chi connectivity index (χ4n) is 2.58. The van der Waals surface area contributed by atoms with Crippen LogP contribution in [0.3, 0.4) is 0 Å². The number of benzene rings is 2. The van der Waals surface area contributed by atoms with Crippen LogP contribution < -0.4 is 20.9 Å². The van der Waals surface area contributed by atoms with Crippen LogP contribution in [0.25, 0.3) is 0 Å². The minimum absolute atomic E-state index is 0.0616. The molecule has 0 bridgehead atoms. The second kappa shape index (κ2) is 12.9. The third-order valence-electron chi connectivity index (χ3n) is 4.15. The van der Waals surface area contributed by atoms with Gasteiger partial charge in [0.1, 0.15) is 24.7 Å². The molecule has 1 unspecified atom stereocenters. The van der Waals surface area contributed by atoms with Gasteiger partial charge in [0.15, 0.2) is 0 Å². The van der Waals surface area contributed by atoms with Gasteiger partial charge < -0.3 is 30.4 Å². The van der Waals surface area contributed by atoms with Gasteiger partial charge in [-0.2, -0.15) is 0 Å². The first-order chi connectivity index (χ1) is 13.7. The van der Waals surface area contributed by atoms with Gasteiger partial charge in [-0.25, -0.2) is 0 Å². The smallest absolute Gasteiger partial charge is 0.119 e. The molecule has 0 aliphatic heterocycles. The molecule has 6 heteroatoms. The summed E-state index contributed by atoms with van der Waals surface area (Å²) in [5, 5.41) is 0. The molecule has 0 aliphatic carbocycles. The van der Waals surface area contributed by atoms with Crippen molar-refractivity contribution in [2.45, 2.75) is 32.3 Å². The summed E-state index contributed by atoms with van der Waals surface area (Å²) < 4.78 is 23.0. The molecular formula is C22H32N2O4. The average Bonchev–Trinajstić information content (AvgIpc) is 2.71. The third kappa shape index (κ3) is 8.97. The van der Waals surface area contributed by atoms with Crippen molar-refractivity contribution >= 4 is 11.4 Å². The average molecular weight is 389 g/mol. The lowest BCUT2D eigenvalue weighted by Crippen LogP contribution is -2.24. The van der Waals surface area contributed by atoms with E-state index in [2.05, 4.69) is 6.92 Å². The van der Waals surface area contributed by atoms with Crippen molar-refractivity contribution in [2.75, 3.05) is 44.5 Å². The summed E-state index contributed by atoms with van der Waals surface area (Å²) in [6.45, 7) is 4.73. The van der Waals surface area contributed by atoms with Gasteiger partial charge >= 0.3 is 0 Å². The fraction of sp³-hybridized carbons (Fsp3) is 0.455. The van der Waals surface area contributed by atoms with Gasteiger partial charge in [-0.3, -0.25) is 0 Å². The van der Waals surface area contributed by atoms with Crippen molar-refractivity contribution in [1.82, 2.24) is 0 Å². The zero-order valence-corrected chi connectivity index (χ0v) is 16.6. The molecule has 0 fully saturated rings. The fourth-order valence-corrected chi connectivity index (χ4v) is 2.58. The number of nitrogen functional groups attached to an aromatic ring is 2. The molecule has 0 spiro atoms. The normalized spacial score (nSPS) is 11.9. The van der Waals surface area contributed by atoms with Crippen LogP contribution >= 0.6 is 0 Å². The Bertz CT molecular complexity index is 647. The minimum Gasteiger partial charge on any atom is -0.491 e. The Kier molecular flexibility index (Phi) is 10.0. The van der Waals surface area contributed by atoms with E-state index in [0.29, 0.717) is 33.0 Å². The van der Waals surface area contributed by atoms with E-state index in [-0.39, 0.29) is 6.10 Å².